The molecule has 2 rings (SSSR count). The van der Waals surface area contributed by atoms with Gasteiger partial charge in [0.25, 0.3) is 0 Å². The van der Waals surface area contributed by atoms with Gasteiger partial charge in [-0.1, -0.05) is 32.4 Å². The number of hydrogen-bond donors (Lipinski definition) is 2. The van der Waals surface area contributed by atoms with Crippen molar-refractivity contribution in [2.45, 2.75) is 33.3 Å². The van der Waals surface area contributed by atoms with Crippen LogP contribution in [0.3, 0.4) is 0 Å². The summed E-state index contributed by atoms with van der Waals surface area (Å²) in [7, 11) is 0. The molecule has 2 aromatic rings. The number of aromatic nitrogens is 2. The maximum atomic E-state index is 10.3. The van der Waals surface area contributed by atoms with E-state index in [1.54, 1.807) is 12.3 Å². The van der Waals surface area contributed by atoms with E-state index in [1.165, 1.54) is 0 Å². The van der Waals surface area contributed by atoms with Gasteiger partial charge in [-0.2, -0.15) is 5.10 Å². The van der Waals surface area contributed by atoms with Crippen molar-refractivity contribution in [3.05, 3.63) is 28.9 Å². The molecule has 3 nitrogen and oxygen atoms in total. The summed E-state index contributed by atoms with van der Waals surface area (Å²) in [6.07, 6.45) is 1.87. The maximum absolute atomic E-state index is 10.3. The minimum Gasteiger partial charge on any atom is -0.388 e. The lowest BCUT2D eigenvalue weighted by atomic mass is 9.86. The molecule has 0 aliphatic rings. The van der Waals surface area contributed by atoms with Gasteiger partial charge in [-0.25, -0.2) is 0 Å². The summed E-state index contributed by atoms with van der Waals surface area (Å²) < 4.78 is 0. The van der Waals surface area contributed by atoms with Gasteiger partial charge >= 0.3 is 0 Å². The fraction of sp³-hybridized carbons (Fsp3) is 0.462. The Morgan fingerprint density at radius 3 is 2.76 bits per heavy atom. The van der Waals surface area contributed by atoms with Crippen molar-refractivity contribution >= 4 is 22.5 Å². The van der Waals surface area contributed by atoms with E-state index in [-0.39, 0.29) is 5.41 Å². The number of H-pyrrole nitrogens is 1. The number of nitrogens with zero attached hydrogens (tertiary/aromatic N) is 1. The summed E-state index contributed by atoms with van der Waals surface area (Å²) in [6.45, 7) is 6.31. The minimum atomic E-state index is -0.531. The number of aromatic amines is 1. The zero-order valence-electron chi connectivity index (χ0n) is 10.3. The molecule has 4 heteroatoms. The number of halogens is 1. The lowest BCUT2D eigenvalue weighted by molar-refractivity contribution is 0.123. The first-order valence-corrected chi connectivity index (χ1v) is 6.05. The first-order valence-electron chi connectivity index (χ1n) is 5.67. The molecule has 1 atom stereocenters. The number of aliphatic hydroxyl groups is 1. The molecule has 1 aromatic carbocycles. The largest absolute Gasteiger partial charge is 0.388 e. The highest BCUT2D eigenvalue weighted by Gasteiger charge is 2.20. The second kappa shape index (κ2) is 4.31. The van der Waals surface area contributed by atoms with Crippen molar-refractivity contribution in [2.75, 3.05) is 0 Å². The number of hydrogen-bond acceptors (Lipinski definition) is 2. The quantitative estimate of drug-likeness (QED) is 0.857. The third-order valence-corrected chi connectivity index (χ3v) is 2.93. The summed E-state index contributed by atoms with van der Waals surface area (Å²) in [6, 6.07) is 3.65. The summed E-state index contributed by atoms with van der Waals surface area (Å²) in [5.74, 6) is 0. The summed E-state index contributed by atoms with van der Waals surface area (Å²) in [5.41, 5.74) is 1.75. The van der Waals surface area contributed by atoms with Crippen molar-refractivity contribution < 1.29 is 5.11 Å². The Kier molecular flexibility index (Phi) is 3.15. The summed E-state index contributed by atoms with van der Waals surface area (Å²) in [4.78, 5) is 0. The van der Waals surface area contributed by atoms with E-state index < -0.39 is 6.10 Å². The second-order valence-corrected chi connectivity index (χ2v) is 6.05. The van der Waals surface area contributed by atoms with Crippen LogP contribution in [-0.4, -0.2) is 15.3 Å². The molecule has 0 amide bonds. The van der Waals surface area contributed by atoms with Gasteiger partial charge in [-0.15, -0.1) is 0 Å². The first kappa shape index (κ1) is 12.4. The van der Waals surface area contributed by atoms with E-state index in [1.807, 2.05) is 6.07 Å². The number of fused-ring (bicyclic) bond motifs is 1. The molecule has 1 unspecified atom stereocenters. The van der Waals surface area contributed by atoms with Gasteiger partial charge in [0.2, 0.25) is 0 Å². The molecular formula is C13H17ClN2O. The monoisotopic (exact) mass is 252 g/mol. The Hall–Kier alpha value is -1.06. The average molecular weight is 253 g/mol. The number of rotatable bonds is 2. The van der Waals surface area contributed by atoms with Crippen molar-refractivity contribution in [1.82, 2.24) is 10.2 Å². The van der Waals surface area contributed by atoms with Crippen LogP contribution in [0.5, 0.6) is 0 Å². The molecule has 17 heavy (non-hydrogen) atoms. The van der Waals surface area contributed by atoms with E-state index in [0.717, 1.165) is 16.5 Å². The van der Waals surface area contributed by atoms with Gasteiger partial charge in [0.05, 0.1) is 17.8 Å². The van der Waals surface area contributed by atoms with Gasteiger partial charge in [-0.05, 0) is 24.0 Å². The molecule has 0 radical (unpaired) electrons. The average Bonchev–Trinajstić information content (AvgIpc) is 2.60. The molecule has 0 saturated carbocycles. The first-order chi connectivity index (χ1) is 7.87. The van der Waals surface area contributed by atoms with Gasteiger partial charge < -0.3 is 5.11 Å². The summed E-state index contributed by atoms with van der Waals surface area (Å²) >= 11 is 6.04. The predicted molar refractivity (Wildman–Crippen MR) is 70.1 cm³/mol. The van der Waals surface area contributed by atoms with Crippen LogP contribution in [0.2, 0.25) is 5.02 Å². The smallest absolute Gasteiger partial charge is 0.0816 e. The van der Waals surface area contributed by atoms with Crippen molar-refractivity contribution in [3.63, 3.8) is 0 Å². The molecule has 0 fully saturated rings. The van der Waals surface area contributed by atoms with Crippen LogP contribution in [0.1, 0.15) is 38.9 Å². The van der Waals surface area contributed by atoms with Gasteiger partial charge in [0, 0.05) is 16.0 Å². The van der Waals surface area contributed by atoms with Crippen LogP contribution in [0.15, 0.2) is 18.3 Å². The highest BCUT2D eigenvalue weighted by atomic mass is 35.5. The molecule has 0 spiro atoms. The zero-order valence-corrected chi connectivity index (χ0v) is 11.0. The molecule has 0 saturated heterocycles. The Morgan fingerprint density at radius 2 is 2.12 bits per heavy atom. The number of benzene rings is 1. The third kappa shape index (κ3) is 2.79. The van der Waals surface area contributed by atoms with E-state index in [2.05, 4.69) is 31.0 Å². The Morgan fingerprint density at radius 1 is 1.41 bits per heavy atom. The Balaban J connectivity index is 2.43. The summed E-state index contributed by atoms with van der Waals surface area (Å²) in [5, 5.41) is 18.7. The van der Waals surface area contributed by atoms with Crippen molar-refractivity contribution in [2.24, 2.45) is 5.41 Å². The van der Waals surface area contributed by atoms with E-state index in [9.17, 15) is 5.11 Å². The van der Waals surface area contributed by atoms with Crippen LogP contribution in [0, 0.1) is 5.41 Å². The highest BCUT2D eigenvalue weighted by Crippen LogP contribution is 2.33. The lowest BCUT2D eigenvalue weighted by Gasteiger charge is -2.23. The Bertz CT molecular complexity index is 528. The van der Waals surface area contributed by atoms with Crippen LogP contribution >= 0.6 is 11.6 Å². The van der Waals surface area contributed by atoms with Crippen molar-refractivity contribution in [1.29, 1.82) is 0 Å². The zero-order chi connectivity index (χ0) is 12.6. The molecule has 2 N–H and O–H groups in total. The van der Waals surface area contributed by atoms with E-state index >= 15 is 0 Å². The number of nitrogens with one attached hydrogen (secondary N) is 1. The predicted octanol–water partition coefficient (Wildman–Crippen LogP) is 3.69. The number of aliphatic hydroxyl groups excluding tert-OH is 1. The van der Waals surface area contributed by atoms with Crippen LogP contribution in [-0.2, 0) is 0 Å². The molecule has 0 aliphatic heterocycles. The Labute approximate surface area is 106 Å². The topological polar surface area (TPSA) is 48.9 Å². The van der Waals surface area contributed by atoms with E-state index in [0.29, 0.717) is 11.4 Å². The molecule has 0 aliphatic carbocycles. The molecule has 92 valence electrons. The second-order valence-electron chi connectivity index (χ2n) is 5.61. The fourth-order valence-corrected chi connectivity index (χ4v) is 2.23. The standard InChI is InChI=1S/C13H17ClN2O/c1-13(2,3)6-11(17)10-5-9(14)4-8-7-15-16-12(8)10/h4-5,7,11,17H,6H2,1-3H3,(H,15,16). The van der Waals surface area contributed by atoms with E-state index in [4.69, 9.17) is 11.6 Å². The normalized spacial score (nSPS) is 14.2. The maximum Gasteiger partial charge on any atom is 0.0816 e. The third-order valence-electron chi connectivity index (χ3n) is 2.71. The lowest BCUT2D eigenvalue weighted by Crippen LogP contribution is -2.12. The highest BCUT2D eigenvalue weighted by molar-refractivity contribution is 6.31. The van der Waals surface area contributed by atoms with Crippen LogP contribution < -0.4 is 0 Å². The molecule has 1 heterocycles. The van der Waals surface area contributed by atoms with Gasteiger partial charge in [0.1, 0.15) is 0 Å². The molecule has 0 bridgehead atoms. The molecular weight excluding hydrogens is 236 g/mol. The van der Waals surface area contributed by atoms with Gasteiger partial charge in [0.15, 0.2) is 0 Å². The SMILES string of the molecule is CC(C)(C)CC(O)c1cc(Cl)cc2cn[nH]c12. The van der Waals surface area contributed by atoms with Gasteiger partial charge in [-0.3, -0.25) is 5.10 Å². The minimum absolute atomic E-state index is 0.0636. The van der Waals surface area contributed by atoms with Crippen LogP contribution in [0.4, 0.5) is 0 Å². The van der Waals surface area contributed by atoms with Crippen LogP contribution in [0.25, 0.3) is 10.9 Å². The molecule has 1 aromatic heterocycles. The van der Waals surface area contributed by atoms with Crippen molar-refractivity contribution in [3.8, 4) is 0 Å². The fourth-order valence-electron chi connectivity index (χ4n) is 2.00.